The second kappa shape index (κ2) is 11.3. The van der Waals surface area contributed by atoms with Gasteiger partial charge in [0, 0.05) is 38.4 Å². The minimum absolute atomic E-state index is 0.0694. The van der Waals surface area contributed by atoms with Crippen LogP contribution < -0.4 is 15.6 Å². The predicted octanol–water partition coefficient (Wildman–Crippen LogP) is 2.60. The van der Waals surface area contributed by atoms with E-state index in [-0.39, 0.29) is 29.2 Å². The van der Waals surface area contributed by atoms with Gasteiger partial charge in [-0.2, -0.15) is 0 Å². The Hall–Kier alpha value is -3.83. The summed E-state index contributed by atoms with van der Waals surface area (Å²) in [6.45, 7) is 5.33. The largest absolute Gasteiger partial charge is 0.479 e. The number of aryl methyl sites for hydroxylation is 1. The Kier molecular flexibility index (Phi) is 8.38. The molecule has 0 amide bonds. The van der Waals surface area contributed by atoms with E-state index in [1.807, 2.05) is 6.92 Å². The molecule has 4 N–H and O–H groups in total. The average Bonchev–Trinajstić information content (AvgIpc) is 2.85. The third-order valence-electron chi connectivity index (χ3n) is 5.83. The van der Waals surface area contributed by atoms with E-state index >= 15 is 4.39 Å². The van der Waals surface area contributed by atoms with Crippen molar-refractivity contribution in [3.63, 3.8) is 0 Å². The van der Waals surface area contributed by atoms with Crippen molar-refractivity contribution in [3.05, 3.63) is 75.6 Å². The third kappa shape index (κ3) is 5.52. The number of fused-ring (bicyclic) bond motifs is 1. The van der Waals surface area contributed by atoms with Crippen LogP contribution in [0.15, 0.2) is 47.4 Å². The second-order valence-corrected chi connectivity index (χ2v) is 8.33. The second-order valence-electron chi connectivity index (χ2n) is 8.33. The first kappa shape index (κ1) is 26.8. The number of carboxylic acids is 2. The van der Waals surface area contributed by atoms with Crippen molar-refractivity contribution in [2.24, 2.45) is 0 Å². The van der Waals surface area contributed by atoms with Crippen LogP contribution >= 0.6 is 0 Å². The monoisotopic (exact) mass is 503 g/mol. The number of benzene rings is 2. The number of pyridine rings is 1. The minimum atomic E-state index is -1.42. The first-order valence-corrected chi connectivity index (χ1v) is 11.3. The van der Waals surface area contributed by atoms with E-state index in [9.17, 15) is 18.8 Å². The number of anilines is 1. The fourth-order valence-electron chi connectivity index (χ4n) is 4.08. The number of aromatic nitrogens is 1. The van der Waals surface area contributed by atoms with E-state index in [1.54, 1.807) is 42.2 Å². The van der Waals surface area contributed by atoms with Crippen molar-refractivity contribution >= 4 is 28.5 Å². The maximum Gasteiger partial charge on any atom is 0.341 e. The highest BCUT2D eigenvalue weighted by Gasteiger charge is 2.27. The smallest absolute Gasteiger partial charge is 0.341 e. The Bertz CT molecular complexity index is 1330. The zero-order valence-corrected chi connectivity index (χ0v) is 19.7. The number of nitrogens with zero attached hydrogens (tertiary/aromatic N) is 2. The topological polar surface area (TPSA) is 132 Å². The highest BCUT2D eigenvalue weighted by atomic mass is 19.1. The van der Waals surface area contributed by atoms with E-state index in [0.717, 1.165) is 12.3 Å². The Morgan fingerprint density at radius 1 is 1.19 bits per heavy atom. The first-order valence-electron chi connectivity index (χ1n) is 11.3. The number of nitrogens with one attached hydrogen (secondary N) is 1. The van der Waals surface area contributed by atoms with Crippen LogP contribution in [-0.4, -0.2) is 57.5 Å². The van der Waals surface area contributed by atoms with Gasteiger partial charge in [-0.15, -0.1) is 0 Å². The SMILES string of the molecule is CCn1cc(C(=O)O)c(=O)c2cc(F)c(N3CCNC(C)C3)c(F)c21.O=C(O)C(O)c1ccccc1. The molecular formula is C25H27F2N3O6. The zero-order valence-electron chi connectivity index (χ0n) is 19.7. The summed E-state index contributed by atoms with van der Waals surface area (Å²) in [6, 6.07) is 9.28. The molecule has 2 atom stereocenters. The van der Waals surface area contributed by atoms with Gasteiger partial charge in [-0.05, 0) is 25.5 Å². The summed E-state index contributed by atoms with van der Waals surface area (Å²) in [7, 11) is 0. The van der Waals surface area contributed by atoms with Gasteiger partial charge < -0.3 is 30.1 Å². The van der Waals surface area contributed by atoms with Crippen LogP contribution in [0.25, 0.3) is 10.9 Å². The number of hydrogen-bond acceptors (Lipinski definition) is 6. The molecule has 11 heteroatoms. The predicted molar refractivity (Wildman–Crippen MR) is 129 cm³/mol. The van der Waals surface area contributed by atoms with Crippen molar-refractivity contribution in [3.8, 4) is 0 Å². The lowest BCUT2D eigenvalue weighted by Crippen LogP contribution is -2.49. The van der Waals surface area contributed by atoms with Crippen LogP contribution in [0.5, 0.6) is 0 Å². The molecule has 9 nitrogen and oxygen atoms in total. The van der Waals surface area contributed by atoms with Gasteiger partial charge in [0.15, 0.2) is 11.9 Å². The number of aromatic carboxylic acids is 1. The highest BCUT2D eigenvalue weighted by Crippen LogP contribution is 2.30. The quantitative estimate of drug-likeness (QED) is 0.418. The van der Waals surface area contributed by atoms with Crippen LogP contribution in [0.3, 0.4) is 0 Å². The molecule has 2 unspecified atom stereocenters. The van der Waals surface area contributed by atoms with Crippen LogP contribution in [0.1, 0.15) is 35.9 Å². The van der Waals surface area contributed by atoms with Crippen molar-refractivity contribution < 1.29 is 33.7 Å². The summed E-state index contributed by atoms with van der Waals surface area (Å²) < 4.78 is 31.2. The molecule has 2 aromatic carbocycles. The zero-order chi connectivity index (χ0) is 26.6. The van der Waals surface area contributed by atoms with Gasteiger partial charge in [-0.25, -0.2) is 18.4 Å². The number of aliphatic hydroxyl groups excluding tert-OH is 1. The molecule has 1 aliphatic heterocycles. The number of aliphatic hydroxyl groups is 1. The van der Waals surface area contributed by atoms with Crippen LogP contribution in [-0.2, 0) is 11.3 Å². The Morgan fingerprint density at radius 3 is 2.42 bits per heavy atom. The third-order valence-corrected chi connectivity index (χ3v) is 5.83. The van der Waals surface area contributed by atoms with Gasteiger partial charge in [-0.1, -0.05) is 30.3 Å². The number of rotatable bonds is 5. The van der Waals surface area contributed by atoms with E-state index in [0.29, 0.717) is 25.2 Å². The van der Waals surface area contributed by atoms with Crippen molar-refractivity contribution in [2.45, 2.75) is 32.5 Å². The van der Waals surface area contributed by atoms with Gasteiger partial charge in [0.05, 0.1) is 10.9 Å². The molecule has 192 valence electrons. The summed E-state index contributed by atoms with van der Waals surface area (Å²) in [6.07, 6.45) is -0.297. The number of carboxylic acid groups (broad SMARTS) is 2. The Labute approximate surface area is 205 Å². The highest BCUT2D eigenvalue weighted by molar-refractivity contribution is 5.93. The average molecular weight is 504 g/mol. The summed E-state index contributed by atoms with van der Waals surface area (Å²) in [5, 5.41) is 29.5. The van der Waals surface area contributed by atoms with Crippen LogP contribution in [0.4, 0.5) is 14.5 Å². The van der Waals surface area contributed by atoms with E-state index in [2.05, 4.69) is 5.32 Å². The molecule has 0 bridgehead atoms. The van der Waals surface area contributed by atoms with Gasteiger partial charge >= 0.3 is 11.9 Å². The lowest BCUT2D eigenvalue weighted by Gasteiger charge is -2.34. The van der Waals surface area contributed by atoms with E-state index < -0.39 is 40.7 Å². The van der Waals surface area contributed by atoms with Gasteiger partial charge in [0.2, 0.25) is 5.43 Å². The lowest BCUT2D eigenvalue weighted by atomic mass is 10.1. The summed E-state index contributed by atoms with van der Waals surface area (Å²) in [4.78, 5) is 35.4. The molecule has 1 aliphatic rings. The first-order chi connectivity index (χ1) is 17.1. The van der Waals surface area contributed by atoms with Crippen LogP contribution in [0, 0.1) is 11.6 Å². The molecule has 36 heavy (non-hydrogen) atoms. The van der Waals surface area contributed by atoms with Crippen molar-refractivity contribution in [1.29, 1.82) is 0 Å². The van der Waals surface area contributed by atoms with Crippen LogP contribution in [0.2, 0.25) is 0 Å². The molecule has 0 saturated carbocycles. The molecule has 1 fully saturated rings. The van der Waals surface area contributed by atoms with Crippen molar-refractivity contribution in [1.82, 2.24) is 9.88 Å². The molecule has 0 aliphatic carbocycles. The molecule has 2 heterocycles. The normalized spacial score (nSPS) is 16.2. The maximum absolute atomic E-state index is 15.2. The van der Waals surface area contributed by atoms with E-state index in [1.165, 1.54) is 4.57 Å². The minimum Gasteiger partial charge on any atom is -0.479 e. The van der Waals surface area contributed by atoms with Crippen molar-refractivity contribution in [2.75, 3.05) is 24.5 Å². The van der Waals surface area contributed by atoms with Gasteiger partial charge in [0.1, 0.15) is 17.1 Å². The molecule has 3 aromatic rings. The molecule has 1 aromatic heterocycles. The molecule has 0 radical (unpaired) electrons. The van der Waals surface area contributed by atoms with E-state index in [4.69, 9.17) is 15.3 Å². The number of aliphatic carboxylic acids is 1. The fraction of sp³-hybridized carbons (Fsp3) is 0.320. The Balaban J connectivity index is 0.000000275. The number of halogens is 2. The number of piperazine rings is 1. The standard InChI is InChI=1S/C17H19F2N3O3.C8H8O3/c1-3-21-8-11(17(24)25)16(23)10-6-12(18)15(13(19)14(10)21)22-5-4-20-9(2)7-22;9-7(8(10)11)6-4-2-1-3-5-6/h6,8-9,20H,3-5,7H2,1-2H3,(H,24,25);1-5,7,9H,(H,10,11). The Morgan fingerprint density at radius 2 is 1.86 bits per heavy atom. The molecular weight excluding hydrogens is 476 g/mol. The van der Waals surface area contributed by atoms with Gasteiger partial charge in [-0.3, -0.25) is 4.79 Å². The van der Waals surface area contributed by atoms with Gasteiger partial charge in [0.25, 0.3) is 0 Å². The molecule has 0 spiro atoms. The number of hydrogen-bond donors (Lipinski definition) is 4. The summed E-state index contributed by atoms with van der Waals surface area (Å²) >= 11 is 0. The molecule has 1 saturated heterocycles. The number of carbonyl (C=O) groups is 2. The maximum atomic E-state index is 15.2. The fourth-order valence-corrected chi connectivity index (χ4v) is 4.08. The summed E-state index contributed by atoms with van der Waals surface area (Å²) in [5.41, 5.74) is -1.23. The summed E-state index contributed by atoms with van der Waals surface area (Å²) in [5.74, 6) is -4.34. The lowest BCUT2D eigenvalue weighted by molar-refractivity contribution is -0.146. The molecule has 4 rings (SSSR count).